The number of carbonyl (C=O) groups is 1. The van der Waals surface area contributed by atoms with Crippen molar-refractivity contribution < 1.29 is 32.3 Å². The van der Waals surface area contributed by atoms with E-state index < -0.39 is 27.9 Å². The quantitative estimate of drug-likeness (QED) is 0.0665. The van der Waals surface area contributed by atoms with E-state index >= 15 is 0 Å². The third kappa shape index (κ3) is 6.38. The molecular weight excluding hydrogens is 496 g/mol. The number of alkyl halides is 1. The van der Waals surface area contributed by atoms with Crippen molar-refractivity contribution in [3.05, 3.63) is 42.5 Å². The smallest absolute Gasteiger partial charge is 0.284 e. The lowest BCUT2D eigenvalue weighted by atomic mass is 10.2. The molecule has 0 saturated carbocycles. The molecule has 1 amide bonds. The Bertz CT molecular complexity index is 1010. The van der Waals surface area contributed by atoms with Crippen molar-refractivity contribution in [3.63, 3.8) is 0 Å². The summed E-state index contributed by atoms with van der Waals surface area (Å²) in [6.07, 6.45) is 1.17. The van der Waals surface area contributed by atoms with E-state index in [1.165, 1.54) is 18.6 Å². The third-order valence-electron chi connectivity index (χ3n) is 4.82. The van der Waals surface area contributed by atoms with Crippen LogP contribution >= 0.6 is 23.8 Å². The van der Waals surface area contributed by atoms with Crippen molar-refractivity contribution in [1.82, 2.24) is 14.8 Å². The van der Waals surface area contributed by atoms with E-state index in [1.54, 1.807) is 34.2 Å². The van der Waals surface area contributed by atoms with Crippen molar-refractivity contribution in [2.24, 2.45) is 0 Å². The van der Waals surface area contributed by atoms with Crippen molar-refractivity contribution >= 4 is 50.8 Å². The first-order valence-electron chi connectivity index (χ1n) is 10.1. The van der Waals surface area contributed by atoms with Gasteiger partial charge in [-0.2, -0.15) is 8.42 Å². The molecule has 14 heteroatoms. The van der Waals surface area contributed by atoms with E-state index in [-0.39, 0.29) is 36.1 Å². The largest absolute Gasteiger partial charge is 0.545 e. The molecule has 3 N–H and O–H groups in total. The zero-order chi connectivity index (χ0) is 24.2. The van der Waals surface area contributed by atoms with Gasteiger partial charge in [0, 0.05) is 19.5 Å². The Kier molecular flexibility index (Phi) is 8.61. The van der Waals surface area contributed by atoms with Gasteiger partial charge >= 0.3 is 0 Å². The zero-order valence-electron chi connectivity index (χ0n) is 17.7. The number of hydrogen-bond acceptors (Lipinski definition) is 8. The van der Waals surface area contributed by atoms with E-state index in [0.29, 0.717) is 24.5 Å². The fraction of sp³-hybridized carbons (Fsp3) is 0.474. The maximum atomic E-state index is 13.5. The third-order valence-corrected chi connectivity index (χ3v) is 6.34. The van der Waals surface area contributed by atoms with Gasteiger partial charge in [0.15, 0.2) is 11.4 Å². The first kappa shape index (κ1) is 25.7. The molecule has 33 heavy (non-hydrogen) atoms. The molecule has 0 bridgehead atoms. The minimum absolute atomic E-state index is 0.0834. The number of unbranched alkanes of at least 4 members (excludes halogenated alkanes) is 1. The van der Waals surface area contributed by atoms with Crippen LogP contribution in [0.2, 0.25) is 0 Å². The van der Waals surface area contributed by atoms with Crippen LogP contribution in [0, 0.1) is 6.73 Å². The molecule has 1 aromatic heterocycles. The Morgan fingerprint density at radius 2 is 2.12 bits per heavy atom. The van der Waals surface area contributed by atoms with E-state index in [4.69, 9.17) is 33.1 Å². The van der Waals surface area contributed by atoms with Gasteiger partial charge < -0.3 is 24.4 Å². The minimum atomic E-state index is -4.06. The lowest BCUT2D eigenvalue weighted by Gasteiger charge is -2.26. The second-order valence-corrected chi connectivity index (χ2v) is 9.60. The number of hydrogen-bond donors (Lipinski definition) is 2. The summed E-state index contributed by atoms with van der Waals surface area (Å²) in [6, 6.07) is 5.10. The maximum absolute atomic E-state index is 13.5. The van der Waals surface area contributed by atoms with Crippen LogP contribution in [0.4, 0.5) is 5.82 Å². The Balaban J connectivity index is 1.91. The number of halogens is 1. The maximum Gasteiger partial charge on any atom is 0.284 e. The molecule has 11 nitrogen and oxygen atoms in total. The van der Waals surface area contributed by atoms with Gasteiger partial charge in [0.05, 0.1) is 12.4 Å². The second-order valence-electron chi connectivity index (χ2n) is 7.25. The Morgan fingerprint density at radius 1 is 1.36 bits per heavy atom. The highest BCUT2D eigenvalue weighted by Crippen LogP contribution is 2.35. The number of carbonyl (C=O) groups excluding carboxylic acids is 1. The normalized spacial score (nSPS) is 22.5. The molecule has 0 radical (unpaired) electrons. The molecule has 0 aliphatic carbocycles. The molecular formula is C19H25ClN4O7S2. The summed E-state index contributed by atoms with van der Waals surface area (Å²) in [5.74, 6) is -0.466. The van der Waals surface area contributed by atoms with Crippen molar-refractivity contribution in [3.8, 4) is 0 Å². The number of pyridine rings is 1. The number of rotatable bonds is 10. The first-order valence-corrected chi connectivity index (χ1v) is 12.6. The molecule has 3 rings (SSSR count). The first-order chi connectivity index (χ1) is 15.6. The number of ether oxygens (including phenoxy) is 2. The Labute approximate surface area is 202 Å². The fourth-order valence-corrected chi connectivity index (χ4v) is 4.59. The summed E-state index contributed by atoms with van der Waals surface area (Å²) < 4.78 is 40.3. The van der Waals surface area contributed by atoms with Gasteiger partial charge in [0.2, 0.25) is 5.56 Å². The SMILES string of the molecule is CC(O)OCCN1C(=S)N(c2ccccn2)C(=O)C1=C1C(Cl)[OH+][CH-]N1CCCCS(=O)(=O)O. The molecule has 3 heterocycles. The van der Waals surface area contributed by atoms with Gasteiger partial charge in [0.1, 0.15) is 17.2 Å². The highest BCUT2D eigenvalue weighted by Gasteiger charge is 2.45. The monoisotopic (exact) mass is 520 g/mol. The van der Waals surface area contributed by atoms with Gasteiger partial charge in [-0.05, 0) is 62.3 Å². The zero-order valence-corrected chi connectivity index (χ0v) is 20.1. The summed E-state index contributed by atoms with van der Waals surface area (Å²) in [7, 11) is -4.06. The van der Waals surface area contributed by atoms with E-state index in [0.717, 1.165) is 0 Å². The van der Waals surface area contributed by atoms with Gasteiger partial charge in [-0.1, -0.05) is 6.07 Å². The summed E-state index contributed by atoms with van der Waals surface area (Å²) in [6.45, 7) is 3.53. The fourth-order valence-electron chi connectivity index (χ4n) is 3.38. The number of amides is 1. The van der Waals surface area contributed by atoms with Crippen LogP contribution in [0.3, 0.4) is 0 Å². The Hall–Kier alpha value is -1.87. The van der Waals surface area contributed by atoms with Crippen LogP contribution in [-0.2, 0) is 19.6 Å². The standard InChI is InChI=1S/C19H25ClN4O7S2/c1-13(25)30-10-9-23-16(18(26)24(19(23)32)14-6-2-3-7-21-14)15-17(20)31-12-22(15)8-4-5-11-33(27,28)29/h2-3,6-7,12-13,17,25,31H,4-5,8-11H2,1H3,(H,27,28,29). The van der Waals surface area contributed by atoms with Gasteiger partial charge in [-0.3, -0.25) is 9.35 Å². The van der Waals surface area contributed by atoms with Crippen LogP contribution < -0.4 is 4.90 Å². The van der Waals surface area contributed by atoms with E-state index in [2.05, 4.69) is 9.72 Å². The number of thiocarbonyl (C=S) groups is 1. The second kappa shape index (κ2) is 11.0. The topological polar surface area (TPSA) is 136 Å². The van der Waals surface area contributed by atoms with Crippen LogP contribution in [0.5, 0.6) is 0 Å². The summed E-state index contributed by atoms with van der Waals surface area (Å²) >= 11 is 12.0. The molecule has 2 saturated heterocycles. The van der Waals surface area contributed by atoms with Crippen molar-refractivity contribution in [2.45, 2.75) is 31.6 Å². The predicted molar refractivity (Wildman–Crippen MR) is 124 cm³/mol. The molecule has 2 aliphatic rings. The number of aromatic nitrogens is 1. The highest BCUT2D eigenvalue weighted by molar-refractivity contribution is 7.85. The number of nitrogens with zero attached hydrogens (tertiary/aromatic N) is 4. The molecule has 2 unspecified atom stereocenters. The minimum Gasteiger partial charge on any atom is -0.545 e. The summed E-state index contributed by atoms with van der Waals surface area (Å²) in [5.41, 5.74) is -0.268. The van der Waals surface area contributed by atoms with Gasteiger partial charge in [0.25, 0.3) is 16.0 Å². The number of anilines is 1. The molecule has 0 spiro atoms. The Morgan fingerprint density at radius 3 is 2.76 bits per heavy atom. The van der Waals surface area contributed by atoms with E-state index in [1.807, 2.05) is 0 Å². The van der Waals surface area contributed by atoms with Crippen molar-refractivity contribution in [2.75, 3.05) is 30.3 Å². The van der Waals surface area contributed by atoms with Crippen LogP contribution in [0.25, 0.3) is 0 Å². The van der Waals surface area contributed by atoms with E-state index in [9.17, 15) is 18.3 Å². The van der Waals surface area contributed by atoms with Gasteiger partial charge in [-0.25, -0.2) is 9.88 Å². The number of aliphatic hydroxyl groups is 3. The molecule has 2 fully saturated rings. The number of aliphatic hydroxyl groups excluding tert-OH is 1. The predicted octanol–water partition coefficient (Wildman–Crippen LogP) is 0.777. The summed E-state index contributed by atoms with van der Waals surface area (Å²) in [5, 5.41) is 9.61. The average molecular weight is 521 g/mol. The van der Waals surface area contributed by atoms with Gasteiger partial charge in [-0.15, -0.1) is 0 Å². The molecule has 0 aromatic carbocycles. The average Bonchev–Trinajstić information content (AvgIpc) is 3.21. The van der Waals surface area contributed by atoms with Crippen LogP contribution in [0.1, 0.15) is 19.8 Å². The summed E-state index contributed by atoms with van der Waals surface area (Å²) in [4.78, 5) is 22.3. The molecule has 1 aromatic rings. The molecule has 182 valence electrons. The lowest BCUT2D eigenvalue weighted by molar-refractivity contribution is -0.114. The molecule has 2 aliphatic heterocycles. The van der Waals surface area contributed by atoms with Crippen LogP contribution in [0.15, 0.2) is 35.8 Å². The lowest BCUT2D eigenvalue weighted by Crippen LogP contribution is -2.35. The molecule has 2 atom stereocenters. The van der Waals surface area contributed by atoms with Crippen LogP contribution in [-0.4, -0.2) is 85.9 Å². The highest BCUT2D eigenvalue weighted by atomic mass is 35.5. The van der Waals surface area contributed by atoms with Crippen molar-refractivity contribution in [1.29, 1.82) is 0 Å².